The highest BCUT2D eigenvalue weighted by molar-refractivity contribution is 6.30. The number of ether oxygens (including phenoxy) is 2. The van der Waals surface area contributed by atoms with E-state index in [4.69, 9.17) is 21.1 Å². The van der Waals surface area contributed by atoms with Gasteiger partial charge >= 0.3 is 12.1 Å². The highest BCUT2D eigenvalue weighted by Crippen LogP contribution is 2.22. The van der Waals surface area contributed by atoms with E-state index in [0.29, 0.717) is 10.7 Å². The average Bonchev–Trinajstić information content (AvgIpc) is 2.65. The van der Waals surface area contributed by atoms with Gasteiger partial charge in [-0.25, -0.2) is 9.59 Å². The van der Waals surface area contributed by atoms with Crippen molar-refractivity contribution >= 4 is 29.4 Å². The standard InChI is InChI=1S/C22H25ClN2O5/c1-14(26)19(9-11-25-21(28)30-22(2,3)4)29-20(27)16-8-10-24-18(13-16)15-6-5-7-17(23)12-15/h5-8,10,12-13,19H,9,11H2,1-4H3,(H,25,28)/t19-/m0/s1. The van der Waals surface area contributed by atoms with Crippen LogP contribution in [-0.4, -0.2) is 41.1 Å². The molecule has 0 aliphatic rings. The van der Waals surface area contributed by atoms with Gasteiger partial charge in [0.1, 0.15) is 5.60 Å². The molecule has 2 rings (SSSR count). The number of hydrogen-bond donors (Lipinski definition) is 1. The molecule has 1 heterocycles. The van der Waals surface area contributed by atoms with E-state index in [1.165, 1.54) is 19.2 Å². The lowest BCUT2D eigenvalue weighted by molar-refractivity contribution is -0.125. The summed E-state index contributed by atoms with van der Waals surface area (Å²) in [4.78, 5) is 40.4. The van der Waals surface area contributed by atoms with E-state index in [-0.39, 0.29) is 24.3 Å². The Bertz CT molecular complexity index is 924. The van der Waals surface area contributed by atoms with Gasteiger partial charge in [0.15, 0.2) is 11.9 Å². The van der Waals surface area contributed by atoms with Gasteiger partial charge in [0.2, 0.25) is 0 Å². The number of carbonyl (C=O) groups is 3. The molecule has 0 aliphatic carbocycles. The van der Waals surface area contributed by atoms with Crippen LogP contribution >= 0.6 is 11.6 Å². The number of hydrogen-bond acceptors (Lipinski definition) is 6. The molecule has 0 fully saturated rings. The van der Waals surface area contributed by atoms with E-state index in [0.717, 1.165) is 5.56 Å². The number of nitrogens with one attached hydrogen (secondary N) is 1. The van der Waals surface area contributed by atoms with E-state index >= 15 is 0 Å². The summed E-state index contributed by atoms with van der Waals surface area (Å²) in [6.45, 7) is 6.70. The van der Waals surface area contributed by atoms with Crippen LogP contribution in [0.15, 0.2) is 42.6 Å². The lowest BCUT2D eigenvalue weighted by Crippen LogP contribution is -2.36. The summed E-state index contributed by atoms with van der Waals surface area (Å²) in [6.07, 6.45) is 0.0262. The van der Waals surface area contributed by atoms with Crippen molar-refractivity contribution in [3.8, 4) is 11.3 Å². The molecule has 0 saturated carbocycles. The molecule has 0 unspecified atom stereocenters. The molecule has 1 atom stereocenters. The molecule has 0 spiro atoms. The summed E-state index contributed by atoms with van der Waals surface area (Å²) in [7, 11) is 0. The average molecular weight is 433 g/mol. The normalized spacial score (nSPS) is 12.0. The number of halogens is 1. The Morgan fingerprint density at radius 2 is 1.90 bits per heavy atom. The molecule has 160 valence electrons. The summed E-state index contributed by atoms with van der Waals surface area (Å²) < 4.78 is 10.5. The second-order valence-corrected chi connectivity index (χ2v) is 8.10. The summed E-state index contributed by atoms with van der Waals surface area (Å²) in [5.41, 5.74) is 0.935. The maximum absolute atomic E-state index is 12.6. The van der Waals surface area contributed by atoms with Gasteiger partial charge in [0.05, 0.1) is 11.3 Å². The molecule has 0 bridgehead atoms. The number of benzene rings is 1. The Labute approximate surface area is 180 Å². The fourth-order valence-corrected chi connectivity index (χ4v) is 2.72. The van der Waals surface area contributed by atoms with Gasteiger partial charge in [-0.3, -0.25) is 9.78 Å². The lowest BCUT2D eigenvalue weighted by Gasteiger charge is -2.20. The number of carbonyl (C=O) groups excluding carboxylic acids is 3. The monoisotopic (exact) mass is 432 g/mol. The van der Waals surface area contributed by atoms with Crippen molar-refractivity contribution in [1.29, 1.82) is 0 Å². The molecule has 0 saturated heterocycles. The number of esters is 1. The lowest BCUT2D eigenvalue weighted by atomic mass is 10.1. The zero-order chi connectivity index (χ0) is 22.3. The number of rotatable bonds is 7. The Morgan fingerprint density at radius 3 is 2.53 bits per heavy atom. The summed E-state index contributed by atoms with van der Waals surface area (Å²) >= 11 is 6.01. The third-order valence-electron chi connectivity index (χ3n) is 3.89. The summed E-state index contributed by atoms with van der Waals surface area (Å²) in [5.74, 6) is -0.975. The maximum atomic E-state index is 12.6. The smallest absolute Gasteiger partial charge is 0.407 e. The van der Waals surface area contributed by atoms with Gasteiger partial charge in [-0.05, 0) is 52.0 Å². The SMILES string of the molecule is CC(=O)[C@H](CCNC(=O)OC(C)(C)C)OC(=O)c1ccnc(-c2cccc(Cl)c2)c1. The summed E-state index contributed by atoms with van der Waals surface area (Å²) in [5, 5.41) is 3.10. The predicted octanol–water partition coefficient (Wildman–Crippen LogP) is 4.43. The molecule has 2 aromatic rings. The number of pyridine rings is 1. The van der Waals surface area contributed by atoms with E-state index in [9.17, 15) is 14.4 Å². The van der Waals surface area contributed by atoms with Crippen molar-refractivity contribution in [2.24, 2.45) is 0 Å². The van der Waals surface area contributed by atoms with Gasteiger partial charge in [0, 0.05) is 29.7 Å². The zero-order valence-electron chi connectivity index (χ0n) is 17.4. The van der Waals surface area contributed by atoms with Gasteiger partial charge in [-0.15, -0.1) is 0 Å². The van der Waals surface area contributed by atoms with Crippen molar-refractivity contribution in [2.45, 2.75) is 45.8 Å². The van der Waals surface area contributed by atoms with Gasteiger partial charge in [0.25, 0.3) is 0 Å². The fourth-order valence-electron chi connectivity index (χ4n) is 2.53. The molecule has 1 N–H and O–H groups in total. The first-order valence-corrected chi connectivity index (χ1v) is 9.83. The topological polar surface area (TPSA) is 94.6 Å². The van der Waals surface area contributed by atoms with Crippen LogP contribution in [0.4, 0.5) is 4.79 Å². The van der Waals surface area contributed by atoms with Gasteiger partial charge in [-0.2, -0.15) is 0 Å². The largest absolute Gasteiger partial charge is 0.451 e. The first-order chi connectivity index (χ1) is 14.0. The zero-order valence-corrected chi connectivity index (χ0v) is 18.2. The predicted molar refractivity (Wildman–Crippen MR) is 113 cm³/mol. The van der Waals surface area contributed by atoms with Crippen LogP contribution in [0.2, 0.25) is 5.02 Å². The third-order valence-corrected chi connectivity index (χ3v) is 4.13. The first-order valence-electron chi connectivity index (χ1n) is 9.45. The van der Waals surface area contributed by atoms with E-state index in [2.05, 4.69) is 10.3 Å². The molecule has 30 heavy (non-hydrogen) atoms. The Hall–Kier alpha value is -2.93. The van der Waals surface area contributed by atoms with Crippen LogP contribution in [0.3, 0.4) is 0 Å². The number of alkyl carbamates (subject to hydrolysis) is 1. The van der Waals surface area contributed by atoms with Crippen molar-refractivity contribution in [1.82, 2.24) is 10.3 Å². The van der Waals surface area contributed by atoms with Gasteiger partial charge in [-0.1, -0.05) is 23.7 Å². The summed E-state index contributed by atoms with van der Waals surface area (Å²) in [6, 6.07) is 10.2. The Morgan fingerprint density at radius 1 is 1.17 bits per heavy atom. The number of amides is 1. The van der Waals surface area contributed by atoms with E-state index < -0.39 is 23.8 Å². The molecule has 1 aromatic heterocycles. The molecular formula is C22H25ClN2O5. The minimum atomic E-state index is -0.991. The molecule has 0 radical (unpaired) electrons. The third kappa shape index (κ3) is 7.48. The second kappa shape index (κ2) is 10.2. The molecule has 1 aromatic carbocycles. The Kier molecular flexibility index (Phi) is 7.94. The highest BCUT2D eigenvalue weighted by Gasteiger charge is 2.22. The van der Waals surface area contributed by atoms with Crippen LogP contribution in [0.5, 0.6) is 0 Å². The van der Waals surface area contributed by atoms with Crippen molar-refractivity contribution < 1.29 is 23.9 Å². The van der Waals surface area contributed by atoms with Gasteiger partial charge < -0.3 is 14.8 Å². The quantitative estimate of drug-likeness (QED) is 0.650. The molecule has 7 nitrogen and oxygen atoms in total. The molecule has 8 heteroatoms. The van der Waals surface area contributed by atoms with E-state index in [1.807, 2.05) is 6.07 Å². The highest BCUT2D eigenvalue weighted by atomic mass is 35.5. The minimum absolute atomic E-state index is 0.122. The van der Waals surface area contributed by atoms with Crippen molar-refractivity contribution in [3.05, 3.63) is 53.2 Å². The number of ketones is 1. The van der Waals surface area contributed by atoms with Crippen LogP contribution in [-0.2, 0) is 14.3 Å². The molecule has 0 aliphatic heterocycles. The second-order valence-electron chi connectivity index (χ2n) is 7.66. The molecular weight excluding hydrogens is 408 g/mol. The number of aromatic nitrogens is 1. The molecule has 1 amide bonds. The minimum Gasteiger partial charge on any atom is -0.451 e. The fraction of sp³-hybridized carbons (Fsp3) is 0.364. The van der Waals surface area contributed by atoms with Crippen LogP contribution in [0.1, 0.15) is 44.5 Å². The van der Waals surface area contributed by atoms with Crippen LogP contribution in [0, 0.1) is 0 Å². The van der Waals surface area contributed by atoms with E-state index in [1.54, 1.807) is 45.0 Å². The van der Waals surface area contributed by atoms with Crippen LogP contribution in [0.25, 0.3) is 11.3 Å². The maximum Gasteiger partial charge on any atom is 0.407 e. The first kappa shape index (κ1) is 23.3. The van der Waals surface area contributed by atoms with Crippen LogP contribution < -0.4 is 5.32 Å². The van der Waals surface area contributed by atoms with Crippen molar-refractivity contribution in [2.75, 3.05) is 6.54 Å². The van der Waals surface area contributed by atoms with Crippen molar-refractivity contribution in [3.63, 3.8) is 0 Å². The Balaban J connectivity index is 2.01. The number of Topliss-reactive ketones (excluding diaryl/α,β-unsaturated/α-hetero) is 1. The number of nitrogens with zero attached hydrogens (tertiary/aromatic N) is 1.